The Balaban J connectivity index is 2.68. The maximum Gasteiger partial charge on any atom is 0.406 e. The highest BCUT2D eigenvalue weighted by atomic mass is 19.4. The maximum absolute atomic E-state index is 12.3. The first-order valence-electron chi connectivity index (χ1n) is 6.03. The maximum atomic E-state index is 12.3. The van der Waals surface area contributed by atoms with Crippen LogP contribution in [0, 0.1) is 0 Å². The van der Waals surface area contributed by atoms with Gasteiger partial charge in [0, 0.05) is 5.54 Å². The highest BCUT2D eigenvalue weighted by Gasteiger charge is 2.40. The number of hydrogen-bond donors (Lipinski definition) is 2. The van der Waals surface area contributed by atoms with E-state index in [1.807, 2.05) is 6.92 Å². The molecule has 0 spiro atoms. The summed E-state index contributed by atoms with van der Waals surface area (Å²) in [5.41, 5.74) is -0.473. The number of aliphatic carboxylic acids is 1. The second kappa shape index (κ2) is 5.66. The van der Waals surface area contributed by atoms with Crippen molar-refractivity contribution >= 4 is 12.0 Å². The van der Waals surface area contributed by atoms with Crippen LogP contribution in [0.2, 0.25) is 0 Å². The molecule has 5 nitrogen and oxygen atoms in total. The molecule has 1 saturated carbocycles. The number of urea groups is 1. The van der Waals surface area contributed by atoms with Gasteiger partial charge in [-0.3, -0.25) is 4.79 Å². The number of hydrogen-bond acceptors (Lipinski definition) is 2. The lowest BCUT2D eigenvalue weighted by Gasteiger charge is -2.43. The quantitative estimate of drug-likeness (QED) is 0.810. The normalized spacial score (nSPS) is 17.5. The molecule has 0 radical (unpaired) electrons. The standard InChI is InChI=1S/C11H17F3N2O3/c1-2-10(4-3-5-10)15-9(19)16(6-8(17)18)7-11(12,13)14/h2-7H2,1H3,(H,15,19)(H,17,18). The number of carbonyl (C=O) groups is 2. The summed E-state index contributed by atoms with van der Waals surface area (Å²) in [6.07, 6.45) is -1.67. The van der Waals surface area contributed by atoms with E-state index in [1.165, 1.54) is 0 Å². The molecule has 8 heteroatoms. The van der Waals surface area contributed by atoms with Crippen molar-refractivity contribution in [3.8, 4) is 0 Å². The molecule has 0 bridgehead atoms. The molecule has 0 aromatic carbocycles. The number of amides is 2. The van der Waals surface area contributed by atoms with Crippen LogP contribution < -0.4 is 5.32 Å². The number of carboxylic acid groups (broad SMARTS) is 1. The Kier molecular flexibility index (Phi) is 4.65. The van der Waals surface area contributed by atoms with E-state index < -0.39 is 36.8 Å². The van der Waals surface area contributed by atoms with Crippen molar-refractivity contribution in [3.05, 3.63) is 0 Å². The highest BCUT2D eigenvalue weighted by Crippen LogP contribution is 2.34. The second-order valence-corrected chi connectivity index (χ2v) is 4.78. The fraction of sp³-hybridized carbons (Fsp3) is 0.818. The van der Waals surface area contributed by atoms with Crippen LogP contribution in [0.4, 0.5) is 18.0 Å². The molecule has 0 aliphatic heterocycles. The van der Waals surface area contributed by atoms with Crippen LogP contribution >= 0.6 is 0 Å². The van der Waals surface area contributed by atoms with Gasteiger partial charge >= 0.3 is 18.2 Å². The van der Waals surface area contributed by atoms with Gasteiger partial charge in [0.15, 0.2) is 0 Å². The van der Waals surface area contributed by atoms with Gasteiger partial charge < -0.3 is 15.3 Å². The molecule has 2 N–H and O–H groups in total. The minimum atomic E-state index is -4.62. The summed E-state index contributed by atoms with van der Waals surface area (Å²) in [5, 5.41) is 11.1. The topological polar surface area (TPSA) is 69.6 Å². The van der Waals surface area contributed by atoms with Crippen molar-refractivity contribution in [2.45, 2.75) is 44.3 Å². The molecule has 2 amide bonds. The third-order valence-corrected chi connectivity index (χ3v) is 3.34. The molecule has 110 valence electrons. The lowest BCUT2D eigenvalue weighted by Crippen LogP contribution is -2.58. The molecule has 1 fully saturated rings. The van der Waals surface area contributed by atoms with Crippen LogP contribution in [0.3, 0.4) is 0 Å². The van der Waals surface area contributed by atoms with Crippen molar-refractivity contribution in [2.75, 3.05) is 13.1 Å². The number of rotatable bonds is 5. The van der Waals surface area contributed by atoms with E-state index >= 15 is 0 Å². The Morgan fingerprint density at radius 3 is 2.26 bits per heavy atom. The van der Waals surface area contributed by atoms with Crippen molar-refractivity contribution in [1.82, 2.24) is 10.2 Å². The van der Waals surface area contributed by atoms with Crippen molar-refractivity contribution in [2.24, 2.45) is 0 Å². The zero-order valence-electron chi connectivity index (χ0n) is 10.6. The molecular formula is C11H17F3N2O3. The first kappa shape index (κ1) is 15.6. The van der Waals surface area contributed by atoms with E-state index in [-0.39, 0.29) is 4.90 Å². The molecule has 1 rings (SSSR count). The molecule has 0 heterocycles. The predicted molar refractivity (Wildman–Crippen MR) is 60.7 cm³/mol. The Hall–Kier alpha value is -1.47. The lowest BCUT2D eigenvalue weighted by molar-refractivity contribution is -0.149. The van der Waals surface area contributed by atoms with Crippen LogP contribution in [0.5, 0.6) is 0 Å². The number of carbonyl (C=O) groups excluding carboxylic acids is 1. The first-order chi connectivity index (χ1) is 8.67. The summed E-state index contributed by atoms with van der Waals surface area (Å²) >= 11 is 0. The number of nitrogens with one attached hydrogen (secondary N) is 1. The monoisotopic (exact) mass is 282 g/mol. The lowest BCUT2D eigenvalue weighted by atomic mass is 9.75. The summed E-state index contributed by atoms with van der Waals surface area (Å²) in [4.78, 5) is 22.6. The molecule has 0 atom stereocenters. The van der Waals surface area contributed by atoms with Gasteiger partial charge in [-0.05, 0) is 25.7 Å². The summed E-state index contributed by atoms with van der Waals surface area (Å²) in [5.74, 6) is -1.47. The van der Waals surface area contributed by atoms with E-state index in [1.54, 1.807) is 0 Å². The Labute approximate surface area is 108 Å². The summed E-state index contributed by atoms with van der Waals surface area (Å²) in [6.45, 7) is -0.694. The van der Waals surface area contributed by atoms with Crippen LogP contribution in [-0.4, -0.2) is 46.8 Å². The zero-order valence-corrected chi connectivity index (χ0v) is 10.6. The minimum absolute atomic E-state index is 0.276. The number of nitrogens with zero attached hydrogens (tertiary/aromatic N) is 1. The predicted octanol–water partition coefficient (Wildman–Crippen LogP) is 1.98. The highest BCUT2D eigenvalue weighted by molar-refractivity contribution is 5.80. The summed E-state index contributed by atoms with van der Waals surface area (Å²) in [6, 6.07) is -0.971. The third-order valence-electron chi connectivity index (χ3n) is 3.34. The second-order valence-electron chi connectivity index (χ2n) is 4.78. The molecule has 0 aromatic rings. The van der Waals surface area contributed by atoms with Crippen LogP contribution in [0.1, 0.15) is 32.6 Å². The van der Waals surface area contributed by atoms with E-state index in [0.29, 0.717) is 19.3 Å². The summed E-state index contributed by atoms with van der Waals surface area (Å²) in [7, 11) is 0. The molecule has 0 saturated heterocycles. The average Bonchev–Trinajstić information content (AvgIpc) is 2.19. The van der Waals surface area contributed by atoms with Gasteiger partial charge in [-0.1, -0.05) is 6.92 Å². The minimum Gasteiger partial charge on any atom is -0.480 e. The Bertz CT molecular complexity index is 348. The van der Waals surface area contributed by atoms with Crippen LogP contribution in [0.15, 0.2) is 0 Å². The molecule has 0 unspecified atom stereocenters. The average molecular weight is 282 g/mol. The van der Waals surface area contributed by atoms with Crippen molar-refractivity contribution < 1.29 is 27.9 Å². The largest absolute Gasteiger partial charge is 0.480 e. The van der Waals surface area contributed by atoms with Crippen LogP contribution in [-0.2, 0) is 4.79 Å². The first-order valence-corrected chi connectivity index (χ1v) is 6.03. The summed E-state index contributed by atoms with van der Waals surface area (Å²) < 4.78 is 36.9. The molecule has 1 aliphatic carbocycles. The van der Waals surface area contributed by atoms with E-state index in [9.17, 15) is 22.8 Å². The number of carboxylic acids is 1. The van der Waals surface area contributed by atoms with Gasteiger partial charge in [-0.25, -0.2) is 4.79 Å². The molecule has 1 aliphatic rings. The Morgan fingerprint density at radius 2 is 1.95 bits per heavy atom. The fourth-order valence-electron chi connectivity index (χ4n) is 2.06. The van der Waals surface area contributed by atoms with Gasteiger partial charge in [-0.15, -0.1) is 0 Å². The van der Waals surface area contributed by atoms with E-state index in [4.69, 9.17) is 5.11 Å². The number of halogens is 3. The Morgan fingerprint density at radius 1 is 1.37 bits per heavy atom. The third kappa shape index (κ3) is 4.60. The molecule has 19 heavy (non-hydrogen) atoms. The number of alkyl halides is 3. The zero-order chi connectivity index (χ0) is 14.7. The van der Waals surface area contributed by atoms with Crippen LogP contribution in [0.25, 0.3) is 0 Å². The van der Waals surface area contributed by atoms with Gasteiger partial charge in [0.05, 0.1) is 0 Å². The van der Waals surface area contributed by atoms with E-state index in [0.717, 1.165) is 6.42 Å². The fourth-order valence-corrected chi connectivity index (χ4v) is 2.06. The SMILES string of the molecule is CCC1(NC(=O)N(CC(=O)O)CC(F)(F)F)CCC1. The van der Waals surface area contributed by atoms with Gasteiger partial charge in [0.2, 0.25) is 0 Å². The van der Waals surface area contributed by atoms with Gasteiger partial charge in [0.25, 0.3) is 0 Å². The molecular weight excluding hydrogens is 265 g/mol. The van der Waals surface area contributed by atoms with Gasteiger partial charge in [0.1, 0.15) is 13.1 Å². The smallest absolute Gasteiger partial charge is 0.406 e. The van der Waals surface area contributed by atoms with Gasteiger partial charge in [-0.2, -0.15) is 13.2 Å². The molecule has 0 aromatic heterocycles. The van der Waals surface area contributed by atoms with E-state index in [2.05, 4.69) is 5.32 Å². The van der Waals surface area contributed by atoms with Crippen molar-refractivity contribution in [3.63, 3.8) is 0 Å². The van der Waals surface area contributed by atoms with Crippen molar-refractivity contribution in [1.29, 1.82) is 0 Å².